The zero-order valence-electron chi connectivity index (χ0n) is 25.2. The molecule has 1 aliphatic heterocycles. The summed E-state index contributed by atoms with van der Waals surface area (Å²) in [6.45, 7) is 5.77. The predicted molar refractivity (Wildman–Crippen MR) is 170 cm³/mol. The van der Waals surface area contributed by atoms with Crippen LogP contribution in [0.3, 0.4) is 0 Å². The van der Waals surface area contributed by atoms with Gasteiger partial charge in [0.1, 0.15) is 12.6 Å². The van der Waals surface area contributed by atoms with Gasteiger partial charge in [0.05, 0.1) is 6.42 Å². The van der Waals surface area contributed by atoms with Gasteiger partial charge in [0.2, 0.25) is 11.8 Å². The number of carboxylic acid groups (broad SMARTS) is 1. The van der Waals surface area contributed by atoms with E-state index in [0.717, 1.165) is 5.56 Å². The molecule has 0 unspecified atom stereocenters. The lowest BCUT2D eigenvalue weighted by Gasteiger charge is -2.28. The molecule has 0 aromatic heterocycles. The highest BCUT2D eigenvalue weighted by atomic mass is 16.4. The largest absolute Gasteiger partial charge is 0.481 e. The highest BCUT2D eigenvalue weighted by Crippen LogP contribution is 2.22. The van der Waals surface area contributed by atoms with Gasteiger partial charge in [-0.15, -0.1) is 0 Å². The Bertz CT molecular complexity index is 1440. The maximum Gasteiger partial charge on any atom is 0.323 e. The Morgan fingerprint density at radius 3 is 2.09 bits per heavy atom. The Labute approximate surface area is 257 Å². The third kappa shape index (κ3) is 9.41. The molecule has 1 aliphatic rings. The first-order chi connectivity index (χ1) is 21.2. The van der Waals surface area contributed by atoms with Crippen molar-refractivity contribution in [3.05, 3.63) is 90.0 Å². The average Bonchev–Trinajstić information content (AvgIpc) is 3.53. The van der Waals surface area contributed by atoms with Crippen LogP contribution in [0.2, 0.25) is 0 Å². The van der Waals surface area contributed by atoms with Crippen molar-refractivity contribution in [2.75, 3.05) is 35.6 Å². The molecule has 232 valence electrons. The lowest BCUT2D eigenvalue weighted by Crippen LogP contribution is -2.48. The molecule has 44 heavy (non-hydrogen) atoms. The molecule has 3 aromatic rings. The summed E-state index contributed by atoms with van der Waals surface area (Å²) < 4.78 is 0. The minimum atomic E-state index is -1.08. The van der Waals surface area contributed by atoms with Crippen molar-refractivity contribution in [2.45, 2.75) is 46.1 Å². The second kappa shape index (κ2) is 16.4. The van der Waals surface area contributed by atoms with Crippen LogP contribution in [0, 0.1) is 6.92 Å². The first-order valence-electron chi connectivity index (χ1n) is 14.6. The third-order valence-electron chi connectivity index (χ3n) is 6.91. The average molecular weight is 602 g/mol. The maximum atomic E-state index is 13.3. The fourth-order valence-corrected chi connectivity index (χ4v) is 4.70. The van der Waals surface area contributed by atoms with Crippen LogP contribution < -0.4 is 16.0 Å². The molecule has 1 saturated heterocycles. The van der Waals surface area contributed by atoms with E-state index in [0.29, 0.717) is 42.0 Å². The topological polar surface area (TPSA) is 148 Å². The molecule has 0 saturated carbocycles. The van der Waals surface area contributed by atoms with E-state index in [1.807, 2.05) is 39.0 Å². The number of aryl methyl sites for hydroxylation is 1. The quantitative estimate of drug-likeness (QED) is 0.251. The summed E-state index contributed by atoms with van der Waals surface area (Å²) in [4.78, 5) is 65.6. The molecular formula is C33H39N5O6. The number of rotatable bonds is 10. The molecule has 1 heterocycles. The number of urea groups is 1. The SMILES string of the molecule is CC.Cc1ccccc1NC(=O)Nc1ccc(NC(=O)[C@@H]2CCCN2C(=O)CN(CCC(=O)O)C(=O)c2ccccc2)cc1. The van der Waals surface area contributed by atoms with Crippen molar-refractivity contribution >= 4 is 46.8 Å². The maximum absolute atomic E-state index is 13.3. The monoisotopic (exact) mass is 601 g/mol. The summed E-state index contributed by atoms with van der Waals surface area (Å²) in [6.07, 6.45) is 0.761. The van der Waals surface area contributed by atoms with Gasteiger partial charge in [0.15, 0.2) is 0 Å². The Balaban J connectivity index is 0.00000259. The van der Waals surface area contributed by atoms with E-state index in [4.69, 9.17) is 5.11 Å². The van der Waals surface area contributed by atoms with Crippen molar-refractivity contribution in [3.63, 3.8) is 0 Å². The summed E-state index contributed by atoms with van der Waals surface area (Å²) in [6, 6.07) is 21.2. The van der Waals surface area contributed by atoms with Gasteiger partial charge < -0.3 is 30.9 Å². The second-order valence-electron chi connectivity index (χ2n) is 9.94. The van der Waals surface area contributed by atoms with Gasteiger partial charge in [-0.1, -0.05) is 50.2 Å². The zero-order valence-corrected chi connectivity index (χ0v) is 25.2. The van der Waals surface area contributed by atoms with E-state index in [-0.39, 0.29) is 25.4 Å². The first kappa shape index (κ1) is 33.3. The van der Waals surface area contributed by atoms with Gasteiger partial charge in [0, 0.05) is 35.7 Å². The Morgan fingerprint density at radius 2 is 1.45 bits per heavy atom. The van der Waals surface area contributed by atoms with Crippen LogP contribution >= 0.6 is 0 Å². The zero-order chi connectivity index (χ0) is 32.1. The number of carbonyl (C=O) groups is 5. The van der Waals surface area contributed by atoms with Gasteiger partial charge in [0.25, 0.3) is 5.91 Å². The second-order valence-corrected chi connectivity index (χ2v) is 9.94. The summed E-state index contributed by atoms with van der Waals surface area (Å²) >= 11 is 0. The third-order valence-corrected chi connectivity index (χ3v) is 6.91. The summed E-state index contributed by atoms with van der Waals surface area (Å²) in [5.74, 6) is -2.33. The Morgan fingerprint density at radius 1 is 0.841 bits per heavy atom. The number of carbonyl (C=O) groups excluding carboxylic acids is 4. The molecule has 4 rings (SSSR count). The van der Waals surface area contributed by atoms with Crippen molar-refractivity contribution in [3.8, 4) is 0 Å². The molecule has 3 aromatic carbocycles. The van der Waals surface area contributed by atoms with Crippen LogP contribution in [0.4, 0.5) is 21.9 Å². The number of amides is 5. The molecule has 11 heteroatoms. The number of hydrogen-bond donors (Lipinski definition) is 4. The van der Waals surface area contributed by atoms with E-state index in [9.17, 15) is 24.0 Å². The molecule has 1 atom stereocenters. The summed E-state index contributed by atoms with van der Waals surface area (Å²) in [7, 11) is 0. The van der Waals surface area contributed by atoms with Gasteiger partial charge in [-0.25, -0.2) is 4.79 Å². The van der Waals surface area contributed by atoms with Gasteiger partial charge in [-0.2, -0.15) is 0 Å². The lowest BCUT2D eigenvalue weighted by molar-refractivity contribution is -0.139. The number of benzene rings is 3. The van der Waals surface area contributed by atoms with Crippen molar-refractivity contribution in [1.82, 2.24) is 9.80 Å². The standard InChI is InChI=1S/C31H33N5O6.C2H6/c1-21-8-5-6-11-25(21)34-31(42)33-24-15-13-23(14-16-24)32-29(40)26-12-7-18-36(26)27(37)20-35(19-17-28(38)39)30(41)22-9-3-2-4-10-22;1-2/h2-6,8-11,13-16,26H,7,12,17-20H2,1H3,(H,32,40)(H,38,39)(H2,33,34,42);1-2H3/t26-;/m0./s1. The van der Waals surface area contributed by atoms with Crippen molar-refractivity contribution < 1.29 is 29.1 Å². The molecule has 5 amide bonds. The van der Waals surface area contributed by atoms with Crippen molar-refractivity contribution in [2.24, 2.45) is 0 Å². The molecule has 0 radical (unpaired) electrons. The molecule has 4 N–H and O–H groups in total. The number of nitrogens with one attached hydrogen (secondary N) is 3. The first-order valence-corrected chi connectivity index (χ1v) is 14.6. The Kier molecular flexibility index (Phi) is 12.5. The number of aliphatic carboxylic acids is 1. The molecule has 1 fully saturated rings. The van der Waals surface area contributed by atoms with E-state index in [2.05, 4.69) is 16.0 Å². The van der Waals surface area contributed by atoms with Crippen LogP contribution in [-0.2, 0) is 14.4 Å². The fraction of sp³-hybridized carbons (Fsp3) is 0.303. The van der Waals surface area contributed by atoms with E-state index in [1.54, 1.807) is 60.7 Å². The smallest absolute Gasteiger partial charge is 0.323 e. The van der Waals surface area contributed by atoms with E-state index in [1.165, 1.54) is 9.80 Å². The summed E-state index contributed by atoms with van der Waals surface area (Å²) in [5.41, 5.74) is 3.00. The number of para-hydroxylation sites is 1. The highest BCUT2D eigenvalue weighted by Gasteiger charge is 2.35. The number of nitrogens with zero attached hydrogens (tertiary/aromatic N) is 2. The lowest BCUT2D eigenvalue weighted by atomic mass is 10.1. The van der Waals surface area contributed by atoms with Crippen LogP contribution in [-0.4, -0.2) is 70.3 Å². The number of anilines is 3. The van der Waals surface area contributed by atoms with Gasteiger partial charge in [-0.05, 0) is 67.8 Å². The summed E-state index contributed by atoms with van der Waals surface area (Å²) in [5, 5.41) is 17.5. The van der Waals surface area contributed by atoms with Crippen LogP contribution in [0.1, 0.15) is 49.0 Å². The number of likely N-dealkylation sites (tertiary alicyclic amines) is 1. The normalized spacial score (nSPS) is 13.6. The van der Waals surface area contributed by atoms with Gasteiger partial charge >= 0.3 is 12.0 Å². The van der Waals surface area contributed by atoms with E-state index < -0.39 is 29.9 Å². The van der Waals surface area contributed by atoms with Crippen LogP contribution in [0.5, 0.6) is 0 Å². The van der Waals surface area contributed by atoms with E-state index >= 15 is 0 Å². The highest BCUT2D eigenvalue weighted by molar-refractivity contribution is 6.01. The van der Waals surface area contributed by atoms with Crippen molar-refractivity contribution in [1.29, 1.82) is 0 Å². The molecular weight excluding hydrogens is 562 g/mol. The molecule has 0 spiro atoms. The Hall–Kier alpha value is -5.19. The van der Waals surface area contributed by atoms with Gasteiger partial charge in [-0.3, -0.25) is 19.2 Å². The minimum Gasteiger partial charge on any atom is -0.481 e. The molecule has 11 nitrogen and oxygen atoms in total. The fourth-order valence-electron chi connectivity index (χ4n) is 4.70. The predicted octanol–water partition coefficient (Wildman–Crippen LogP) is 5.21. The number of carboxylic acids is 1. The molecule has 0 aliphatic carbocycles. The number of hydrogen-bond acceptors (Lipinski definition) is 5. The minimum absolute atomic E-state index is 0.136. The van der Waals surface area contributed by atoms with Crippen LogP contribution in [0.25, 0.3) is 0 Å². The molecule has 0 bridgehead atoms. The van der Waals surface area contributed by atoms with Crippen LogP contribution in [0.15, 0.2) is 78.9 Å².